The van der Waals surface area contributed by atoms with Gasteiger partial charge in [0.15, 0.2) is 0 Å². The molecular formula is C13H17BrN2O4. The molecule has 0 aliphatic heterocycles. The molecule has 0 aliphatic rings. The van der Waals surface area contributed by atoms with Crippen LogP contribution in [0.1, 0.15) is 22.3 Å². The van der Waals surface area contributed by atoms with E-state index in [1.165, 1.54) is 6.07 Å². The summed E-state index contributed by atoms with van der Waals surface area (Å²) < 4.78 is 5.24. The van der Waals surface area contributed by atoms with Crippen molar-refractivity contribution >= 4 is 27.5 Å². The number of halogens is 1. The van der Waals surface area contributed by atoms with Gasteiger partial charge in [-0.3, -0.25) is 14.9 Å². The number of hydrogen-bond acceptors (Lipinski definition) is 4. The van der Waals surface area contributed by atoms with E-state index in [-0.39, 0.29) is 11.3 Å². The van der Waals surface area contributed by atoms with Gasteiger partial charge in [0.1, 0.15) is 5.56 Å². The summed E-state index contributed by atoms with van der Waals surface area (Å²) in [5.41, 5.74) is 0.431. The van der Waals surface area contributed by atoms with Gasteiger partial charge >= 0.3 is 0 Å². The third-order valence-electron chi connectivity index (χ3n) is 2.64. The van der Waals surface area contributed by atoms with Crippen molar-refractivity contribution in [1.29, 1.82) is 0 Å². The minimum atomic E-state index is -0.524. The largest absolute Gasteiger partial charge is 0.381 e. The zero-order chi connectivity index (χ0) is 15.0. The lowest BCUT2D eigenvalue weighted by atomic mass is 10.1. The van der Waals surface area contributed by atoms with Gasteiger partial charge in [0, 0.05) is 24.0 Å². The van der Waals surface area contributed by atoms with Crippen molar-refractivity contribution in [3.05, 3.63) is 39.4 Å². The molecule has 1 amide bonds. The van der Waals surface area contributed by atoms with Gasteiger partial charge in [-0.1, -0.05) is 28.1 Å². The van der Waals surface area contributed by atoms with Crippen LogP contribution in [0.5, 0.6) is 0 Å². The van der Waals surface area contributed by atoms with Crippen molar-refractivity contribution in [2.45, 2.75) is 13.3 Å². The first-order chi connectivity index (χ1) is 9.57. The van der Waals surface area contributed by atoms with E-state index in [1.54, 1.807) is 19.1 Å². The quantitative estimate of drug-likeness (QED) is 0.340. The molecule has 7 heteroatoms. The van der Waals surface area contributed by atoms with E-state index in [4.69, 9.17) is 4.74 Å². The molecule has 20 heavy (non-hydrogen) atoms. The van der Waals surface area contributed by atoms with Crippen LogP contribution >= 0.6 is 15.9 Å². The van der Waals surface area contributed by atoms with Crippen LogP contribution in [0.25, 0.3) is 0 Å². The summed E-state index contributed by atoms with van der Waals surface area (Å²) in [6, 6.07) is 4.71. The Hall–Kier alpha value is -1.47. The van der Waals surface area contributed by atoms with Crippen LogP contribution in [-0.4, -0.2) is 35.9 Å². The zero-order valence-corrected chi connectivity index (χ0v) is 12.8. The fourth-order valence-corrected chi connectivity index (χ4v) is 1.94. The van der Waals surface area contributed by atoms with Gasteiger partial charge in [0.25, 0.3) is 11.6 Å². The summed E-state index contributed by atoms with van der Waals surface area (Å²) in [6.45, 7) is 3.20. The normalized spacial score (nSPS) is 10.3. The monoisotopic (exact) mass is 344 g/mol. The second-order valence-corrected chi connectivity index (χ2v) is 4.93. The molecule has 1 N–H and O–H groups in total. The molecule has 0 spiro atoms. The Bertz CT molecular complexity index is 479. The number of para-hydroxylation sites is 1. The topological polar surface area (TPSA) is 81.5 Å². The number of nitrogens with one attached hydrogen (secondary N) is 1. The smallest absolute Gasteiger partial charge is 0.285 e. The predicted octanol–water partition coefficient (Wildman–Crippen LogP) is 2.43. The average Bonchev–Trinajstić information content (AvgIpc) is 2.41. The lowest BCUT2D eigenvalue weighted by Crippen LogP contribution is -2.26. The van der Waals surface area contributed by atoms with Crippen LogP contribution in [0.3, 0.4) is 0 Å². The van der Waals surface area contributed by atoms with Crippen molar-refractivity contribution in [3.8, 4) is 0 Å². The lowest BCUT2D eigenvalue weighted by Gasteiger charge is -2.07. The highest BCUT2D eigenvalue weighted by atomic mass is 79.9. The maximum Gasteiger partial charge on any atom is 0.285 e. The lowest BCUT2D eigenvalue weighted by molar-refractivity contribution is -0.385. The summed E-state index contributed by atoms with van der Waals surface area (Å²) in [5, 5.41) is 14.4. The van der Waals surface area contributed by atoms with Gasteiger partial charge in [-0.25, -0.2) is 0 Å². The second-order valence-electron chi connectivity index (χ2n) is 4.14. The second kappa shape index (κ2) is 8.65. The van der Waals surface area contributed by atoms with Crippen molar-refractivity contribution in [3.63, 3.8) is 0 Å². The first-order valence-electron chi connectivity index (χ1n) is 6.24. The number of ether oxygens (including phenoxy) is 1. The average molecular weight is 345 g/mol. The maximum atomic E-state index is 11.9. The van der Waals surface area contributed by atoms with Crippen LogP contribution in [0.15, 0.2) is 18.2 Å². The highest BCUT2D eigenvalue weighted by molar-refractivity contribution is 9.09. The van der Waals surface area contributed by atoms with E-state index in [9.17, 15) is 14.9 Å². The van der Waals surface area contributed by atoms with Crippen LogP contribution in [-0.2, 0) is 4.74 Å². The van der Waals surface area contributed by atoms with Crippen LogP contribution in [0.4, 0.5) is 5.69 Å². The van der Waals surface area contributed by atoms with E-state index in [0.717, 1.165) is 5.33 Å². The van der Waals surface area contributed by atoms with E-state index in [0.29, 0.717) is 31.7 Å². The summed E-state index contributed by atoms with van der Waals surface area (Å²) in [7, 11) is 0. The Labute approximate surface area is 125 Å². The first-order valence-corrected chi connectivity index (χ1v) is 7.36. The molecule has 0 atom stereocenters. The predicted molar refractivity (Wildman–Crippen MR) is 79.4 cm³/mol. The highest BCUT2D eigenvalue weighted by Gasteiger charge is 2.21. The van der Waals surface area contributed by atoms with E-state index >= 15 is 0 Å². The molecule has 110 valence electrons. The van der Waals surface area contributed by atoms with Gasteiger partial charge in [0.05, 0.1) is 11.5 Å². The zero-order valence-electron chi connectivity index (χ0n) is 11.2. The molecule has 0 saturated heterocycles. The number of amides is 1. The molecule has 1 aromatic rings. The van der Waals surface area contributed by atoms with E-state index < -0.39 is 10.8 Å². The number of benzene rings is 1. The number of nitro groups is 1. The molecular weight excluding hydrogens is 328 g/mol. The van der Waals surface area contributed by atoms with E-state index in [1.807, 2.05) is 0 Å². The number of hydrogen-bond donors (Lipinski definition) is 1. The molecule has 0 unspecified atom stereocenters. The Morgan fingerprint density at radius 2 is 2.20 bits per heavy atom. The molecule has 0 aliphatic carbocycles. The van der Waals surface area contributed by atoms with Gasteiger partial charge in [-0.2, -0.15) is 0 Å². The molecule has 0 fully saturated rings. The molecule has 0 heterocycles. The number of carbonyl (C=O) groups is 1. The highest BCUT2D eigenvalue weighted by Crippen LogP contribution is 2.22. The van der Waals surface area contributed by atoms with Crippen molar-refractivity contribution in [2.75, 3.05) is 25.1 Å². The van der Waals surface area contributed by atoms with Gasteiger partial charge in [0.2, 0.25) is 0 Å². The molecule has 0 bridgehead atoms. The minimum Gasteiger partial charge on any atom is -0.381 e. The van der Waals surface area contributed by atoms with E-state index in [2.05, 4.69) is 21.2 Å². The Balaban J connectivity index is 2.56. The summed E-state index contributed by atoms with van der Waals surface area (Å²) in [6.07, 6.45) is 0.665. The van der Waals surface area contributed by atoms with Crippen LogP contribution < -0.4 is 5.32 Å². The summed E-state index contributed by atoms with van der Waals surface area (Å²) in [4.78, 5) is 22.4. The maximum absolute atomic E-state index is 11.9. The molecule has 0 radical (unpaired) electrons. The number of alkyl halides is 1. The number of nitrogens with zero attached hydrogens (tertiary/aromatic N) is 1. The summed E-state index contributed by atoms with van der Waals surface area (Å²) >= 11 is 3.24. The third kappa shape index (κ3) is 4.90. The molecule has 1 rings (SSSR count). The molecule has 6 nitrogen and oxygen atoms in total. The van der Waals surface area contributed by atoms with Crippen molar-refractivity contribution in [1.82, 2.24) is 5.32 Å². The van der Waals surface area contributed by atoms with Crippen LogP contribution in [0.2, 0.25) is 0 Å². The van der Waals surface area contributed by atoms with Crippen molar-refractivity contribution in [2.24, 2.45) is 0 Å². The third-order valence-corrected chi connectivity index (χ3v) is 2.96. The minimum absolute atomic E-state index is 0.0939. The fourth-order valence-electron chi connectivity index (χ4n) is 1.71. The Morgan fingerprint density at radius 1 is 1.45 bits per heavy atom. The standard InChI is InChI=1S/C13H17BrN2O4/c1-10-4-2-5-11(12(10)16(18)19)13(17)15-7-3-8-20-9-6-14/h2,4-5H,3,6-9H2,1H3,(H,15,17). The van der Waals surface area contributed by atoms with Crippen molar-refractivity contribution < 1.29 is 14.5 Å². The molecule has 1 aromatic carbocycles. The molecule has 0 aromatic heterocycles. The van der Waals surface area contributed by atoms with Crippen LogP contribution in [0, 0.1) is 17.0 Å². The number of aryl methyl sites for hydroxylation is 1. The van der Waals surface area contributed by atoms with Gasteiger partial charge in [-0.05, 0) is 19.4 Å². The molecule has 0 saturated carbocycles. The van der Waals surface area contributed by atoms with Gasteiger partial charge in [-0.15, -0.1) is 0 Å². The SMILES string of the molecule is Cc1cccc(C(=O)NCCCOCCBr)c1[N+](=O)[O-]. The number of rotatable bonds is 8. The number of nitro benzene ring substituents is 1. The Kier molecular flexibility index (Phi) is 7.17. The van der Waals surface area contributed by atoms with Gasteiger partial charge < -0.3 is 10.1 Å². The Morgan fingerprint density at radius 3 is 2.85 bits per heavy atom. The fraction of sp³-hybridized carbons (Fsp3) is 0.462. The first kappa shape index (κ1) is 16.6. The summed E-state index contributed by atoms with van der Waals surface area (Å²) in [5.74, 6) is -0.430. The number of carbonyl (C=O) groups excluding carboxylic acids is 1.